The van der Waals surface area contributed by atoms with Crippen LogP contribution >= 0.6 is 11.6 Å². The summed E-state index contributed by atoms with van der Waals surface area (Å²) in [7, 11) is 0. The van der Waals surface area contributed by atoms with Crippen molar-refractivity contribution in [1.29, 1.82) is 0 Å². The molecule has 0 N–H and O–H groups in total. The normalized spacial score (nSPS) is 11.1. The molecule has 5 nitrogen and oxygen atoms in total. The van der Waals surface area contributed by atoms with Crippen LogP contribution in [0, 0.1) is 30.9 Å². The van der Waals surface area contributed by atoms with Gasteiger partial charge in [0.1, 0.15) is 0 Å². The van der Waals surface area contributed by atoms with Gasteiger partial charge < -0.3 is 5.11 Å². The first kappa shape index (κ1) is 16.0. The lowest BCUT2D eigenvalue weighted by atomic mass is 10.0. The van der Waals surface area contributed by atoms with Gasteiger partial charge in [-0.25, -0.2) is 0 Å². The second-order valence-electron chi connectivity index (χ2n) is 5.01. The lowest BCUT2D eigenvalue weighted by Gasteiger charge is -2.17. The molecule has 0 saturated heterocycles. The molecule has 0 unspecified atom stereocenters. The highest BCUT2D eigenvalue weighted by molar-refractivity contribution is 6.33. The molecule has 6 heteroatoms. The van der Waals surface area contributed by atoms with Gasteiger partial charge in [0.25, 0.3) is 5.69 Å². The average Bonchev–Trinajstić information content (AvgIpc) is 2.45. The van der Waals surface area contributed by atoms with Gasteiger partial charge in [-0.1, -0.05) is 23.7 Å². The van der Waals surface area contributed by atoms with Crippen molar-refractivity contribution < 1.29 is 10.0 Å². The number of hydrogen-bond acceptors (Lipinski definition) is 4. The Bertz CT molecular complexity index is 785. The number of hydrogen-bond donors (Lipinski definition) is 0. The van der Waals surface area contributed by atoms with Crippen LogP contribution in [0.2, 0.25) is 5.02 Å². The largest absolute Gasteiger partial charge is 0.867 e. The van der Waals surface area contributed by atoms with Gasteiger partial charge in [0.2, 0.25) is 0 Å². The van der Waals surface area contributed by atoms with Crippen LogP contribution in [0.25, 0.3) is 0 Å². The van der Waals surface area contributed by atoms with Crippen LogP contribution in [-0.4, -0.2) is 11.1 Å². The molecule has 2 rings (SSSR count). The van der Waals surface area contributed by atoms with E-state index in [0.29, 0.717) is 11.3 Å². The van der Waals surface area contributed by atoms with Crippen LogP contribution in [-0.2, 0) is 0 Å². The van der Waals surface area contributed by atoms with Crippen LogP contribution in [0.15, 0.2) is 29.3 Å². The van der Waals surface area contributed by atoms with Gasteiger partial charge in [-0.15, -0.1) is 0 Å². The Kier molecular flexibility index (Phi) is 4.47. The molecule has 0 aliphatic carbocycles. The van der Waals surface area contributed by atoms with Crippen molar-refractivity contribution in [3.05, 3.63) is 61.7 Å². The van der Waals surface area contributed by atoms with Crippen LogP contribution in [0.3, 0.4) is 0 Å². The van der Waals surface area contributed by atoms with E-state index in [0.717, 1.165) is 5.56 Å². The number of nitro benzene ring substituents is 1. The number of rotatable bonds is 3. The summed E-state index contributed by atoms with van der Waals surface area (Å²) in [6.45, 7) is 5.05. The summed E-state index contributed by atoms with van der Waals surface area (Å²) in [4.78, 5) is 14.6. The molecule has 0 saturated carbocycles. The first-order valence-corrected chi connectivity index (χ1v) is 6.95. The first-order valence-electron chi connectivity index (χ1n) is 6.57. The van der Waals surface area contributed by atoms with Crippen molar-refractivity contribution >= 4 is 29.2 Å². The third-order valence-electron chi connectivity index (χ3n) is 3.40. The van der Waals surface area contributed by atoms with Crippen LogP contribution in [0.1, 0.15) is 22.3 Å². The summed E-state index contributed by atoms with van der Waals surface area (Å²) in [6.07, 6.45) is 1.34. The van der Waals surface area contributed by atoms with Gasteiger partial charge in [-0.3, -0.25) is 15.1 Å². The van der Waals surface area contributed by atoms with Crippen molar-refractivity contribution in [2.24, 2.45) is 4.99 Å². The topological polar surface area (TPSA) is 78.6 Å². The number of benzene rings is 2. The van der Waals surface area contributed by atoms with E-state index in [1.165, 1.54) is 13.1 Å². The Labute approximate surface area is 133 Å². The van der Waals surface area contributed by atoms with Crippen molar-refractivity contribution in [3.8, 4) is 5.75 Å². The molecule has 2 aromatic carbocycles. The first-order chi connectivity index (χ1) is 10.3. The third kappa shape index (κ3) is 2.94. The molecule has 0 heterocycles. The molecule has 0 radical (unpaired) electrons. The minimum atomic E-state index is -0.701. The van der Waals surface area contributed by atoms with Gasteiger partial charge in [-0.05, 0) is 55.3 Å². The highest BCUT2D eigenvalue weighted by Crippen LogP contribution is 2.38. The highest BCUT2D eigenvalue weighted by atomic mass is 35.5. The lowest BCUT2D eigenvalue weighted by molar-refractivity contribution is -0.398. The van der Waals surface area contributed by atoms with E-state index in [4.69, 9.17) is 11.6 Å². The van der Waals surface area contributed by atoms with E-state index >= 15 is 0 Å². The zero-order valence-corrected chi connectivity index (χ0v) is 13.1. The predicted molar refractivity (Wildman–Crippen MR) is 85.5 cm³/mol. The van der Waals surface area contributed by atoms with E-state index in [-0.39, 0.29) is 16.1 Å². The quantitative estimate of drug-likeness (QED) is 0.487. The molecule has 0 atom stereocenters. The van der Waals surface area contributed by atoms with Gasteiger partial charge in [0, 0.05) is 11.8 Å². The molecular weight excluding hydrogens is 304 g/mol. The molecule has 0 fully saturated rings. The fourth-order valence-corrected chi connectivity index (χ4v) is 2.39. The van der Waals surface area contributed by atoms with E-state index in [2.05, 4.69) is 4.99 Å². The van der Waals surface area contributed by atoms with Crippen LogP contribution < -0.4 is 5.11 Å². The zero-order chi connectivity index (χ0) is 16.4. The van der Waals surface area contributed by atoms with E-state index in [9.17, 15) is 15.2 Å². The number of halogens is 1. The summed E-state index contributed by atoms with van der Waals surface area (Å²) in [5.41, 5.74) is 2.01. The third-order valence-corrected chi connectivity index (χ3v) is 3.97. The highest BCUT2D eigenvalue weighted by Gasteiger charge is 2.20. The molecule has 22 heavy (non-hydrogen) atoms. The SMILES string of the molecule is Cc1cccc(N=Cc2c(C)c(Cl)c(C)c([N+](=O)[O-])c2[O-])c1. The molecular formula is C16H14ClN2O3-. The van der Waals surface area contributed by atoms with Crippen LogP contribution in [0.5, 0.6) is 5.75 Å². The molecule has 0 amide bonds. The maximum Gasteiger partial charge on any atom is 0.266 e. The minimum absolute atomic E-state index is 0.142. The Hall–Kier alpha value is -2.40. The number of nitro groups is 1. The summed E-state index contributed by atoms with van der Waals surface area (Å²) in [6, 6.07) is 7.41. The maximum atomic E-state index is 12.3. The molecule has 2 aromatic rings. The minimum Gasteiger partial charge on any atom is -0.867 e. The summed E-state index contributed by atoms with van der Waals surface area (Å²) < 4.78 is 0. The van der Waals surface area contributed by atoms with Crippen molar-refractivity contribution in [2.75, 3.05) is 0 Å². The Morgan fingerprint density at radius 2 is 1.91 bits per heavy atom. The van der Waals surface area contributed by atoms with E-state index in [1.807, 2.05) is 25.1 Å². The summed E-state index contributed by atoms with van der Waals surface area (Å²) >= 11 is 6.11. The standard InChI is InChI=1S/C16H15ClN2O3/c1-9-5-4-6-12(7-9)18-8-13-10(2)14(17)11(3)15(16(13)20)19(21)22/h4-8,20H,1-3H3/p-1. The lowest BCUT2D eigenvalue weighted by Crippen LogP contribution is -2.07. The summed E-state index contributed by atoms with van der Waals surface area (Å²) in [5.74, 6) is -0.666. The average molecular weight is 318 g/mol. The van der Waals surface area contributed by atoms with Crippen molar-refractivity contribution in [1.82, 2.24) is 0 Å². The smallest absolute Gasteiger partial charge is 0.266 e. The number of aryl methyl sites for hydroxylation is 1. The predicted octanol–water partition coefficient (Wildman–Crippen LogP) is 4.00. The van der Waals surface area contributed by atoms with Gasteiger partial charge >= 0.3 is 0 Å². The van der Waals surface area contributed by atoms with Gasteiger partial charge in [0.15, 0.2) is 0 Å². The Morgan fingerprint density at radius 3 is 2.50 bits per heavy atom. The van der Waals surface area contributed by atoms with Gasteiger partial charge in [0.05, 0.1) is 15.6 Å². The molecule has 0 aromatic heterocycles. The molecule has 0 aliphatic heterocycles. The Balaban J connectivity index is 2.58. The molecule has 0 spiro atoms. The Morgan fingerprint density at radius 1 is 1.23 bits per heavy atom. The number of nitrogens with zero attached hydrogens (tertiary/aromatic N) is 2. The molecule has 114 valence electrons. The van der Waals surface area contributed by atoms with Crippen LogP contribution in [0.4, 0.5) is 11.4 Å². The second kappa shape index (κ2) is 6.15. The summed E-state index contributed by atoms with van der Waals surface area (Å²) in [5, 5.41) is 23.6. The maximum absolute atomic E-state index is 12.3. The second-order valence-corrected chi connectivity index (χ2v) is 5.39. The van der Waals surface area contributed by atoms with Crippen molar-refractivity contribution in [3.63, 3.8) is 0 Å². The van der Waals surface area contributed by atoms with E-state index in [1.54, 1.807) is 13.0 Å². The van der Waals surface area contributed by atoms with E-state index < -0.39 is 16.4 Å². The molecule has 0 bridgehead atoms. The number of aliphatic imine (C=N–C) groups is 1. The fourth-order valence-electron chi connectivity index (χ4n) is 2.19. The fraction of sp³-hybridized carbons (Fsp3) is 0.188. The monoisotopic (exact) mass is 317 g/mol. The van der Waals surface area contributed by atoms with Crippen molar-refractivity contribution in [2.45, 2.75) is 20.8 Å². The van der Waals surface area contributed by atoms with Gasteiger partial charge in [-0.2, -0.15) is 0 Å². The molecule has 0 aliphatic rings. The zero-order valence-electron chi connectivity index (χ0n) is 12.4.